The van der Waals surface area contributed by atoms with E-state index in [0.29, 0.717) is 51.4 Å². The number of carbonyl (C=O) groups is 4. The van der Waals surface area contributed by atoms with Gasteiger partial charge in [-0.2, -0.15) is 0 Å². The number of aliphatic carboxylic acids is 2. The average molecular weight is 821 g/mol. The van der Waals surface area contributed by atoms with E-state index in [2.05, 4.69) is 69.2 Å². The van der Waals surface area contributed by atoms with Crippen molar-refractivity contribution < 1.29 is 39.1 Å². The van der Waals surface area contributed by atoms with E-state index in [1.165, 1.54) is 51.4 Å². The third-order valence-electron chi connectivity index (χ3n) is 13.4. The van der Waals surface area contributed by atoms with Gasteiger partial charge in [-0.1, -0.05) is 117 Å². The molecular weight excluding hydrogens is 733 g/mol. The third kappa shape index (κ3) is 16.0. The van der Waals surface area contributed by atoms with Gasteiger partial charge in [-0.15, -0.1) is 10.1 Å². The second-order valence-electron chi connectivity index (χ2n) is 20.7. The van der Waals surface area contributed by atoms with Crippen molar-refractivity contribution in [1.29, 1.82) is 0 Å². The molecule has 2 aliphatic heterocycles. The summed E-state index contributed by atoms with van der Waals surface area (Å²) in [6, 6.07) is 0. The number of piperidine rings is 2. The van der Waals surface area contributed by atoms with E-state index in [9.17, 15) is 24.3 Å². The quantitative estimate of drug-likeness (QED) is 0.0702. The summed E-state index contributed by atoms with van der Waals surface area (Å²) in [6.07, 6.45) is 23.2. The first-order valence-electron chi connectivity index (χ1n) is 23.6. The first-order valence-corrected chi connectivity index (χ1v) is 23.6. The van der Waals surface area contributed by atoms with Crippen molar-refractivity contribution in [1.82, 2.24) is 10.1 Å². The smallest absolute Gasteiger partial charge is 0.325 e. The van der Waals surface area contributed by atoms with Crippen LogP contribution in [0.1, 0.15) is 243 Å². The Morgan fingerprint density at radius 2 is 0.776 bits per heavy atom. The lowest BCUT2D eigenvalue weighted by Gasteiger charge is -2.60. The number of carboxylic acids is 2. The molecule has 0 radical (unpaired) electrons. The maximum Gasteiger partial charge on any atom is 0.325 e. The van der Waals surface area contributed by atoms with Crippen LogP contribution in [0.5, 0.6) is 0 Å². The summed E-state index contributed by atoms with van der Waals surface area (Å²) in [5, 5.41) is 24.5. The molecule has 0 aromatic heterocycles. The Morgan fingerprint density at radius 3 is 1.09 bits per heavy atom. The van der Waals surface area contributed by atoms with Gasteiger partial charge in [0.2, 0.25) is 0 Å². The highest BCUT2D eigenvalue weighted by Gasteiger charge is 2.62. The van der Waals surface area contributed by atoms with Crippen LogP contribution in [0, 0.1) is 17.3 Å². The van der Waals surface area contributed by atoms with Gasteiger partial charge in [-0.3, -0.25) is 19.2 Å². The minimum absolute atomic E-state index is 0.151. The number of rotatable bonds is 29. The van der Waals surface area contributed by atoms with Gasteiger partial charge in [-0.05, 0) is 119 Å². The molecule has 10 nitrogen and oxygen atoms in total. The van der Waals surface area contributed by atoms with Crippen LogP contribution in [0.3, 0.4) is 0 Å². The number of unbranched alkanes of at least 4 members (excludes halogenated alkanes) is 16. The van der Waals surface area contributed by atoms with E-state index < -0.39 is 39.5 Å². The molecule has 0 spiro atoms. The van der Waals surface area contributed by atoms with Crippen LogP contribution < -0.4 is 0 Å². The second-order valence-corrected chi connectivity index (χ2v) is 20.7. The van der Waals surface area contributed by atoms with Crippen LogP contribution in [0.4, 0.5) is 0 Å². The van der Waals surface area contributed by atoms with Crippen LogP contribution in [-0.4, -0.2) is 66.4 Å². The molecule has 10 heteroatoms. The second kappa shape index (κ2) is 24.3. The highest BCUT2D eigenvalue weighted by atomic mass is 16.7. The number of hydrogen-bond donors (Lipinski definition) is 2. The number of carbonyl (C=O) groups excluding carboxylic acids is 2. The van der Waals surface area contributed by atoms with E-state index in [1.54, 1.807) is 0 Å². The summed E-state index contributed by atoms with van der Waals surface area (Å²) < 4.78 is 0. The summed E-state index contributed by atoms with van der Waals surface area (Å²) in [6.45, 7) is 21.1. The van der Waals surface area contributed by atoms with E-state index in [0.717, 1.165) is 64.2 Å². The van der Waals surface area contributed by atoms with Crippen molar-refractivity contribution in [2.24, 2.45) is 17.3 Å². The summed E-state index contributed by atoms with van der Waals surface area (Å²) in [5.41, 5.74) is -3.53. The zero-order valence-corrected chi connectivity index (χ0v) is 39.0. The average Bonchev–Trinajstić information content (AvgIpc) is 3.11. The highest BCUT2D eigenvalue weighted by Crippen LogP contribution is 2.58. The molecule has 338 valence electrons. The van der Waals surface area contributed by atoms with Gasteiger partial charge in [-0.25, -0.2) is 0 Å². The predicted molar refractivity (Wildman–Crippen MR) is 233 cm³/mol. The minimum atomic E-state index is -1.08. The lowest BCUT2D eigenvalue weighted by molar-refractivity contribution is -0.290. The number of hydroxylamine groups is 4. The summed E-state index contributed by atoms with van der Waals surface area (Å²) in [4.78, 5) is 64.3. The first-order chi connectivity index (χ1) is 27.2. The Balaban J connectivity index is 2.33. The topological polar surface area (TPSA) is 134 Å². The third-order valence-corrected chi connectivity index (χ3v) is 13.4. The Labute approximate surface area is 354 Å². The van der Waals surface area contributed by atoms with Crippen molar-refractivity contribution in [3.8, 4) is 0 Å². The Bertz CT molecular complexity index is 1150. The molecule has 2 aliphatic rings. The molecule has 0 unspecified atom stereocenters. The summed E-state index contributed by atoms with van der Waals surface area (Å²) in [7, 11) is 0. The molecule has 2 heterocycles. The van der Waals surface area contributed by atoms with E-state index in [-0.39, 0.29) is 30.2 Å². The van der Waals surface area contributed by atoms with Crippen LogP contribution in [0.15, 0.2) is 0 Å². The standard InChI is InChI=1S/C48H88N2O8/c1-11-13-15-17-19-23-27-31-41(53)57-49-44(3,4)34-38(35-45(49,5)6)48(43(55)56,33-29-25-21-22-26-30-40(51)52)39-36-46(7,8)50(47(9,10)37-39)58-42(54)32-28-24-20-18-16-14-12-2/h38-39H,11-37H2,1-10H3,(H,51,52)(H,55,56). The first kappa shape index (κ1) is 51.9. The zero-order chi connectivity index (χ0) is 43.6. The van der Waals surface area contributed by atoms with Gasteiger partial charge < -0.3 is 19.9 Å². The van der Waals surface area contributed by atoms with Gasteiger partial charge in [0, 0.05) is 19.3 Å². The summed E-state index contributed by atoms with van der Waals surface area (Å²) >= 11 is 0. The number of hydrogen-bond acceptors (Lipinski definition) is 8. The molecule has 0 aliphatic carbocycles. The predicted octanol–water partition coefficient (Wildman–Crippen LogP) is 12.6. The van der Waals surface area contributed by atoms with E-state index in [4.69, 9.17) is 14.8 Å². The lowest BCUT2D eigenvalue weighted by atomic mass is 9.52. The van der Waals surface area contributed by atoms with Crippen molar-refractivity contribution in [2.75, 3.05) is 0 Å². The van der Waals surface area contributed by atoms with E-state index in [1.807, 2.05) is 10.1 Å². The largest absolute Gasteiger partial charge is 0.481 e. The van der Waals surface area contributed by atoms with Gasteiger partial charge >= 0.3 is 23.9 Å². The molecule has 2 rings (SSSR count). The fraction of sp³-hybridized carbons (Fsp3) is 0.917. The number of carboxylic acid groups (broad SMARTS) is 2. The number of nitrogens with zero attached hydrogens (tertiary/aromatic N) is 2. The SMILES string of the molecule is CCCCCCCCCC(=O)ON1C(C)(C)CC(C(CCCCCCCC(=O)O)(C(=O)O)C2CC(C)(C)N(OC(=O)CCCCCCCCC)C(C)(C)C2)CC1(C)C. The lowest BCUT2D eigenvalue weighted by Crippen LogP contribution is -2.67. The van der Waals surface area contributed by atoms with E-state index >= 15 is 0 Å². The van der Waals surface area contributed by atoms with Crippen molar-refractivity contribution in [2.45, 2.75) is 265 Å². The summed E-state index contributed by atoms with van der Waals surface area (Å²) in [5.74, 6) is -2.42. The fourth-order valence-electron chi connectivity index (χ4n) is 10.9. The van der Waals surface area contributed by atoms with Crippen molar-refractivity contribution in [3.05, 3.63) is 0 Å². The molecule has 0 bridgehead atoms. The van der Waals surface area contributed by atoms with Crippen molar-refractivity contribution in [3.63, 3.8) is 0 Å². The Morgan fingerprint density at radius 1 is 0.483 bits per heavy atom. The minimum Gasteiger partial charge on any atom is -0.481 e. The van der Waals surface area contributed by atoms with Gasteiger partial charge in [0.1, 0.15) is 0 Å². The maximum atomic E-state index is 14.2. The molecule has 0 aromatic carbocycles. The van der Waals surface area contributed by atoms with Gasteiger partial charge in [0.05, 0.1) is 27.6 Å². The molecule has 0 aromatic rings. The highest BCUT2D eigenvalue weighted by molar-refractivity contribution is 5.76. The van der Waals surface area contributed by atoms with Gasteiger partial charge in [0.25, 0.3) is 0 Å². The normalized spacial score (nSPS) is 19.8. The molecule has 2 fully saturated rings. The monoisotopic (exact) mass is 821 g/mol. The molecule has 58 heavy (non-hydrogen) atoms. The van der Waals surface area contributed by atoms with Crippen molar-refractivity contribution >= 4 is 23.9 Å². The molecule has 0 atom stereocenters. The van der Waals surface area contributed by atoms with Gasteiger partial charge in [0.15, 0.2) is 0 Å². The Kier molecular flexibility index (Phi) is 21.8. The molecule has 0 saturated carbocycles. The Hall–Kier alpha value is -2.20. The molecule has 2 N–H and O–H groups in total. The molecule has 2 saturated heterocycles. The van der Waals surface area contributed by atoms with Crippen LogP contribution in [-0.2, 0) is 28.9 Å². The van der Waals surface area contributed by atoms with Crippen LogP contribution in [0.2, 0.25) is 0 Å². The zero-order valence-electron chi connectivity index (χ0n) is 39.0. The fourth-order valence-corrected chi connectivity index (χ4v) is 10.9. The maximum absolute atomic E-state index is 14.2. The van der Waals surface area contributed by atoms with Crippen LogP contribution >= 0.6 is 0 Å². The van der Waals surface area contributed by atoms with Crippen LogP contribution in [0.25, 0.3) is 0 Å². The molecule has 0 amide bonds. The molecular formula is C48H88N2O8.